The molecule has 3 aromatic carbocycles. The fourth-order valence-electron chi connectivity index (χ4n) is 4.89. The highest BCUT2D eigenvalue weighted by molar-refractivity contribution is 7.99. The highest BCUT2D eigenvalue weighted by atomic mass is 32.2. The number of pyridine rings is 1. The number of nitrogens with one attached hydrogen (secondary N) is 1. The number of hydrogen-bond acceptors (Lipinski definition) is 7. The molecule has 0 bridgehead atoms. The minimum Gasteiger partial charge on any atom is -0.465 e. The molecule has 6 rings (SSSR count). The molecule has 1 saturated carbocycles. The van der Waals surface area contributed by atoms with Crippen LogP contribution in [0.15, 0.2) is 112 Å². The summed E-state index contributed by atoms with van der Waals surface area (Å²) >= 11 is 1.61. The van der Waals surface area contributed by atoms with Gasteiger partial charge in [-0.1, -0.05) is 89.7 Å². The Morgan fingerprint density at radius 1 is 0.925 bits per heavy atom. The minimum absolute atomic E-state index is 0.129. The fraction of sp³-hybridized carbons (Fsp3) is 0.182. The number of aromatic nitrogens is 2. The molecule has 0 aliphatic heterocycles. The van der Waals surface area contributed by atoms with E-state index in [9.17, 15) is 4.79 Å². The lowest BCUT2D eigenvalue weighted by atomic mass is 9.92. The zero-order valence-electron chi connectivity index (χ0n) is 22.4. The highest BCUT2D eigenvalue weighted by Gasteiger charge is 2.52. The average Bonchev–Trinajstić information content (AvgIpc) is 3.73. The van der Waals surface area contributed by atoms with Gasteiger partial charge in [-0.2, -0.15) is 0 Å². The number of carbonyl (C=O) groups is 1. The molecule has 1 aliphatic carbocycles. The van der Waals surface area contributed by atoms with E-state index in [4.69, 9.17) is 14.2 Å². The highest BCUT2D eigenvalue weighted by Crippen LogP contribution is 2.50. The number of ether oxygens (including phenoxy) is 1. The molecule has 0 spiro atoms. The lowest BCUT2D eigenvalue weighted by molar-refractivity contribution is -0.146. The van der Waals surface area contributed by atoms with Gasteiger partial charge in [0.25, 0.3) is 0 Å². The molecular weight excluding hydrogens is 518 g/mol. The molecule has 200 valence electrons. The Labute approximate surface area is 237 Å². The molecule has 2 heterocycles. The van der Waals surface area contributed by atoms with E-state index >= 15 is 0 Å². The van der Waals surface area contributed by atoms with Gasteiger partial charge in [0, 0.05) is 10.5 Å². The van der Waals surface area contributed by atoms with E-state index < -0.39 is 5.41 Å². The summed E-state index contributed by atoms with van der Waals surface area (Å²) in [5.41, 5.74) is 4.98. The quantitative estimate of drug-likeness (QED) is 0.186. The molecule has 0 saturated heterocycles. The van der Waals surface area contributed by atoms with Crippen LogP contribution in [-0.2, 0) is 14.9 Å². The van der Waals surface area contributed by atoms with Crippen molar-refractivity contribution in [3.8, 4) is 22.5 Å². The molecule has 0 amide bonds. The topological polar surface area (TPSA) is 77.2 Å². The fourth-order valence-corrected chi connectivity index (χ4v) is 5.71. The van der Waals surface area contributed by atoms with Crippen molar-refractivity contribution >= 4 is 29.2 Å². The monoisotopic (exact) mass is 547 g/mol. The van der Waals surface area contributed by atoms with Crippen LogP contribution in [0.1, 0.15) is 31.0 Å². The molecule has 1 fully saturated rings. The van der Waals surface area contributed by atoms with Gasteiger partial charge in [0.15, 0.2) is 5.76 Å². The van der Waals surface area contributed by atoms with E-state index in [1.165, 1.54) is 0 Å². The minimum atomic E-state index is -0.493. The molecule has 7 heteroatoms. The SMILES string of the molecule is CCOC(=O)C1(c2ccc(-c3ccccc3-c3onc(C)c3Nc3cccc(Sc4ccccc4)n3)cc2)CC1. The standard InChI is InChI=1S/C33H29N3O3S/c1-3-38-32(37)33(20-21-33)24-18-16-23(17-19-24)26-12-7-8-13-27(26)31-30(22(2)36-39-31)35-28-14-9-15-29(34-28)40-25-10-5-4-6-11-25/h4-19H,3,20-21H2,1-2H3,(H,34,35). The van der Waals surface area contributed by atoms with Gasteiger partial charge in [0.05, 0.1) is 12.0 Å². The summed E-state index contributed by atoms with van der Waals surface area (Å²) in [6, 6.07) is 32.4. The third-order valence-corrected chi connectivity index (χ3v) is 8.09. The van der Waals surface area contributed by atoms with E-state index in [0.29, 0.717) is 18.2 Å². The van der Waals surface area contributed by atoms with Crippen molar-refractivity contribution in [3.63, 3.8) is 0 Å². The number of benzene rings is 3. The summed E-state index contributed by atoms with van der Waals surface area (Å²) in [6.45, 7) is 4.16. The smallest absolute Gasteiger partial charge is 0.316 e. The van der Waals surface area contributed by atoms with E-state index in [-0.39, 0.29) is 5.97 Å². The van der Waals surface area contributed by atoms with E-state index in [1.54, 1.807) is 11.8 Å². The predicted molar refractivity (Wildman–Crippen MR) is 158 cm³/mol. The second-order valence-corrected chi connectivity index (χ2v) is 10.9. The lowest BCUT2D eigenvalue weighted by Crippen LogP contribution is -2.23. The van der Waals surface area contributed by atoms with Crippen molar-refractivity contribution in [2.24, 2.45) is 0 Å². The molecule has 1 aliphatic rings. The van der Waals surface area contributed by atoms with Crippen LogP contribution in [0.4, 0.5) is 11.5 Å². The van der Waals surface area contributed by atoms with Gasteiger partial charge in [0.2, 0.25) is 0 Å². The van der Waals surface area contributed by atoms with E-state index in [1.807, 2.05) is 80.6 Å². The van der Waals surface area contributed by atoms with E-state index in [2.05, 4.69) is 40.8 Å². The third-order valence-electron chi connectivity index (χ3n) is 7.14. The third kappa shape index (κ3) is 5.12. The Balaban J connectivity index is 1.29. The Bertz CT molecular complexity index is 1640. The Kier molecular flexibility index (Phi) is 7.13. The molecule has 0 unspecified atom stereocenters. The van der Waals surface area contributed by atoms with Crippen molar-refractivity contribution in [2.75, 3.05) is 11.9 Å². The lowest BCUT2D eigenvalue weighted by Gasteiger charge is -2.15. The number of nitrogens with zero attached hydrogens (tertiary/aromatic N) is 2. The van der Waals surface area contributed by atoms with Crippen molar-refractivity contribution in [2.45, 2.75) is 42.0 Å². The zero-order valence-corrected chi connectivity index (χ0v) is 23.2. The van der Waals surface area contributed by atoms with Gasteiger partial charge in [0.1, 0.15) is 22.2 Å². The van der Waals surface area contributed by atoms with Gasteiger partial charge in [-0.15, -0.1) is 0 Å². The second kappa shape index (κ2) is 11.0. The first-order valence-corrected chi connectivity index (χ1v) is 14.2. The summed E-state index contributed by atoms with van der Waals surface area (Å²) in [5, 5.41) is 8.63. The predicted octanol–water partition coefficient (Wildman–Crippen LogP) is 8.20. The number of esters is 1. The largest absolute Gasteiger partial charge is 0.465 e. The Morgan fingerprint density at radius 3 is 2.38 bits per heavy atom. The zero-order chi connectivity index (χ0) is 27.5. The molecule has 6 nitrogen and oxygen atoms in total. The Hall–Kier alpha value is -4.36. The Morgan fingerprint density at radius 2 is 1.65 bits per heavy atom. The van der Waals surface area contributed by atoms with E-state index in [0.717, 1.165) is 56.4 Å². The molecule has 2 aromatic heterocycles. The summed E-state index contributed by atoms with van der Waals surface area (Å²) in [5.74, 6) is 1.23. The van der Waals surface area contributed by atoms with Crippen LogP contribution in [0.25, 0.3) is 22.5 Å². The number of carbonyl (C=O) groups excluding carboxylic acids is 1. The van der Waals surface area contributed by atoms with Crippen molar-refractivity contribution < 1.29 is 14.1 Å². The van der Waals surface area contributed by atoms with Crippen molar-refractivity contribution in [3.05, 3.63) is 108 Å². The second-order valence-electron chi connectivity index (χ2n) is 9.80. The molecule has 5 aromatic rings. The first-order valence-electron chi connectivity index (χ1n) is 13.4. The first-order chi connectivity index (χ1) is 19.6. The number of hydrogen-bond donors (Lipinski definition) is 1. The van der Waals surface area contributed by atoms with Gasteiger partial charge >= 0.3 is 5.97 Å². The van der Waals surface area contributed by atoms with Crippen LogP contribution in [0.2, 0.25) is 0 Å². The summed E-state index contributed by atoms with van der Waals surface area (Å²) in [6.07, 6.45) is 1.65. The van der Waals surface area contributed by atoms with Crippen LogP contribution < -0.4 is 5.32 Å². The van der Waals surface area contributed by atoms with Crippen LogP contribution in [0.3, 0.4) is 0 Å². The van der Waals surface area contributed by atoms with Crippen LogP contribution in [0, 0.1) is 6.92 Å². The normalized spacial score (nSPS) is 13.6. The molecule has 40 heavy (non-hydrogen) atoms. The summed E-state index contributed by atoms with van der Waals surface area (Å²) < 4.78 is 11.2. The average molecular weight is 548 g/mol. The van der Waals surface area contributed by atoms with Gasteiger partial charge in [-0.25, -0.2) is 4.98 Å². The van der Waals surface area contributed by atoms with Crippen molar-refractivity contribution in [1.29, 1.82) is 0 Å². The van der Waals surface area contributed by atoms with Crippen LogP contribution in [0.5, 0.6) is 0 Å². The van der Waals surface area contributed by atoms with Gasteiger partial charge in [-0.05, 0) is 67.6 Å². The van der Waals surface area contributed by atoms with Gasteiger partial charge < -0.3 is 14.6 Å². The van der Waals surface area contributed by atoms with Gasteiger partial charge in [-0.3, -0.25) is 4.79 Å². The summed E-state index contributed by atoms with van der Waals surface area (Å²) in [7, 11) is 0. The molecule has 0 atom stereocenters. The molecular formula is C33H29N3O3S. The van der Waals surface area contributed by atoms with Crippen LogP contribution >= 0.6 is 11.8 Å². The maximum Gasteiger partial charge on any atom is 0.316 e. The van der Waals surface area contributed by atoms with Crippen LogP contribution in [-0.4, -0.2) is 22.7 Å². The number of aryl methyl sites for hydroxylation is 1. The summed E-state index contributed by atoms with van der Waals surface area (Å²) in [4.78, 5) is 18.5. The van der Waals surface area contributed by atoms with Crippen molar-refractivity contribution in [1.82, 2.24) is 10.1 Å². The molecule has 1 N–H and O–H groups in total. The molecule has 0 radical (unpaired) electrons. The first kappa shape index (κ1) is 25.9. The number of rotatable bonds is 9. The number of anilines is 2. The maximum atomic E-state index is 12.6. The maximum absolute atomic E-state index is 12.6.